The number of aromatic nitrogens is 1. The van der Waals surface area contributed by atoms with E-state index in [1.807, 2.05) is 23.1 Å². The highest BCUT2D eigenvalue weighted by molar-refractivity contribution is 7.18. The number of carbonyl (C=O) groups excluding carboxylic acids is 1. The van der Waals surface area contributed by atoms with E-state index in [4.69, 9.17) is 9.72 Å². The molecule has 7 heteroatoms. The van der Waals surface area contributed by atoms with Gasteiger partial charge in [0, 0.05) is 13.1 Å². The molecule has 1 aliphatic rings. The lowest BCUT2D eigenvalue weighted by molar-refractivity contribution is 0.192. The highest BCUT2D eigenvalue weighted by atomic mass is 32.1. The number of aromatic hydroxyl groups is 1. The van der Waals surface area contributed by atoms with Crippen LogP contribution in [0.15, 0.2) is 42.5 Å². The third-order valence-electron chi connectivity index (χ3n) is 4.80. The van der Waals surface area contributed by atoms with E-state index in [1.54, 1.807) is 29.5 Å². The Balaban J connectivity index is 1.46. The first-order valence-corrected chi connectivity index (χ1v) is 9.73. The maximum Gasteiger partial charge on any atom is 0.318 e. The minimum Gasteiger partial charge on any atom is -0.504 e. The van der Waals surface area contributed by atoms with Crippen molar-refractivity contribution in [1.29, 1.82) is 0 Å². The zero-order valence-electron chi connectivity index (χ0n) is 15.0. The molecule has 4 rings (SSSR count). The van der Waals surface area contributed by atoms with Gasteiger partial charge in [-0.05, 0) is 42.7 Å². The van der Waals surface area contributed by atoms with Gasteiger partial charge in [-0.1, -0.05) is 18.2 Å². The maximum atomic E-state index is 12.8. The van der Waals surface area contributed by atoms with Gasteiger partial charge in [0.2, 0.25) is 0 Å². The minimum absolute atomic E-state index is 0.0248. The number of ether oxygens (including phenoxy) is 1. The van der Waals surface area contributed by atoms with Crippen molar-refractivity contribution in [2.24, 2.45) is 0 Å². The number of urea groups is 1. The second-order valence-electron chi connectivity index (χ2n) is 6.54. The molecule has 0 bridgehead atoms. The van der Waals surface area contributed by atoms with Gasteiger partial charge < -0.3 is 20.1 Å². The summed E-state index contributed by atoms with van der Waals surface area (Å²) < 4.78 is 6.26. The number of benzene rings is 2. The van der Waals surface area contributed by atoms with Gasteiger partial charge >= 0.3 is 6.03 Å². The number of amides is 2. The van der Waals surface area contributed by atoms with E-state index < -0.39 is 0 Å². The fourth-order valence-corrected chi connectivity index (χ4v) is 4.53. The molecule has 1 aliphatic heterocycles. The number of para-hydroxylation sites is 1. The van der Waals surface area contributed by atoms with Crippen molar-refractivity contribution in [3.8, 4) is 11.5 Å². The average molecular weight is 383 g/mol. The summed E-state index contributed by atoms with van der Waals surface area (Å²) in [6.07, 6.45) is 1.90. The molecule has 0 spiro atoms. The number of fused-ring (bicyclic) bond motifs is 1. The molecule has 2 amide bonds. The SMILES string of the molecule is COc1cc(CNC(=O)N2CCCC2c2nc3ccccc3s2)ccc1O. The van der Waals surface area contributed by atoms with Gasteiger partial charge in [-0.2, -0.15) is 0 Å². The first kappa shape index (κ1) is 17.6. The van der Waals surface area contributed by atoms with E-state index in [2.05, 4.69) is 11.4 Å². The summed E-state index contributed by atoms with van der Waals surface area (Å²) in [5, 5.41) is 13.6. The van der Waals surface area contributed by atoms with Crippen molar-refractivity contribution < 1.29 is 14.6 Å². The lowest BCUT2D eigenvalue weighted by Crippen LogP contribution is -2.39. The molecule has 1 saturated heterocycles. The number of rotatable bonds is 4. The summed E-state index contributed by atoms with van der Waals surface area (Å²) >= 11 is 1.66. The fraction of sp³-hybridized carbons (Fsp3) is 0.300. The monoisotopic (exact) mass is 383 g/mol. The van der Waals surface area contributed by atoms with Gasteiger partial charge in [-0.25, -0.2) is 9.78 Å². The van der Waals surface area contributed by atoms with Crippen LogP contribution in [0, 0.1) is 0 Å². The number of nitrogens with zero attached hydrogens (tertiary/aromatic N) is 2. The van der Waals surface area contributed by atoms with Crippen LogP contribution in [0.4, 0.5) is 4.79 Å². The molecule has 2 heterocycles. The predicted octanol–water partition coefficient (Wildman–Crippen LogP) is 4.06. The second kappa shape index (κ2) is 7.44. The Morgan fingerprint density at radius 3 is 3.04 bits per heavy atom. The Morgan fingerprint density at radius 2 is 2.22 bits per heavy atom. The number of nitrogens with one attached hydrogen (secondary N) is 1. The van der Waals surface area contributed by atoms with E-state index in [1.165, 1.54) is 7.11 Å². The summed E-state index contributed by atoms with van der Waals surface area (Å²) in [5.41, 5.74) is 1.86. The first-order valence-electron chi connectivity index (χ1n) is 8.91. The van der Waals surface area contributed by atoms with Crippen LogP contribution < -0.4 is 10.1 Å². The summed E-state index contributed by atoms with van der Waals surface area (Å²) in [6.45, 7) is 1.10. The lowest BCUT2D eigenvalue weighted by Gasteiger charge is -2.23. The zero-order chi connectivity index (χ0) is 18.8. The molecular formula is C20H21N3O3S. The number of likely N-dealkylation sites (tertiary alicyclic amines) is 1. The van der Waals surface area contributed by atoms with Gasteiger partial charge in [0.25, 0.3) is 0 Å². The van der Waals surface area contributed by atoms with E-state index in [0.29, 0.717) is 12.3 Å². The average Bonchev–Trinajstić information content (AvgIpc) is 3.33. The van der Waals surface area contributed by atoms with E-state index in [-0.39, 0.29) is 17.8 Å². The van der Waals surface area contributed by atoms with Crippen molar-refractivity contribution >= 4 is 27.6 Å². The maximum absolute atomic E-state index is 12.8. The largest absolute Gasteiger partial charge is 0.504 e. The Hall–Kier alpha value is -2.80. The number of thiazole rings is 1. The predicted molar refractivity (Wildman–Crippen MR) is 105 cm³/mol. The standard InChI is InChI=1S/C20H21N3O3S/c1-26-17-11-13(8-9-16(17)24)12-21-20(25)23-10-4-6-15(23)19-22-14-5-2-3-7-18(14)27-19/h2-3,5,7-9,11,15,24H,4,6,10,12H2,1H3,(H,21,25). The molecule has 6 nitrogen and oxygen atoms in total. The van der Waals surface area contributed by atoms with Crippen LogP contribution >= 0.6 is 11.3 Å². The van der Waals surface area contributed by atoms with Crippen LogP contribution in [-0.4, -0.2) is 34.7 Å². The molecular weight excluding hydrogens is 362 g/mol. The summed E-state index contributed by atoms with van der Waals surface area (Å²) in [6, 6.07) is 13.1. The molecule has 1 unspecified atom stereocenters. The molecule has 0 radical (unpaired) electrons. The Bertz CT molecular complexity index is 939. The van der Waals surface area contributed by atoms with Gasteiger partial charge in [-0.15, -0.1) is 11.3 Å². The number of phenolic OH excluding ortho intramolecular Hbond substituents is 1. The molecule has 1 atom stereocenters. The van der Waals surface area contributed by atoms with Crippen LogP contribution in [0.25, 0.3) is 10.2 Å². The Labute approximate surface area is 161 Å². The Kier molecular flexibility index (Phi) is 4.85. The van der Waals surface area contributed by atoms with E-state index in [0.717, 1.165) is 40.2 Å². The number of phenols is 1. The number of carbonyl (C=O) groups is 1. The van der Waals surface area contributed by atoms with Crippen molar-refractivity contribution in [2.75, 3.05) is 13.7 Å². The van der Waals surface area contributed by atoms with Gasteiger partial charge in [-0.3, -0.25) is 0 Å². The molecule has 1 aromatic heterocycles. The topological polar surface area (TPSA) is 74.7 Å². The summed E-state index contributed by atoms with van der Waals surface area (Å²) in [4.78, 5) is 19.4. The summed E-state index contributed by atoms with van der Waals surface area (Å²) in [7, 11) is 1.50. The van der Waals surface area contributed by atoms with Crippen molar-refractivity contribution in [1.82, 2.24) is 15.2 Å². The zero-order valence-corrected chi connectivity index (χ0v) is 15.8. The lowest BCUT2D eigenvalue weighted by atomic mass is 10.2. The third kappa shape index (κ3) is 3.55. The van der Waals surface area contributed by atoms with E-state index in [9.17, 15) is 9.90 Å². The highest BCUT2D eigenvalue weighted by Crippen LogP contribution is 2.36. The van der Waals surface area contributed by atoms with Gasteiger partial charge in [0.15, 0.2) is 11.5 Å². The van der Waals surface area contributed by atoms with Crippen LogP contribution in [0.3, 0.4) is 0 Å². The van der Waals surface area contributed by atoms with Crippen LogP contribution in [0.2, 0.25) is 0 Å². The van der Waals surface area contributed by atoms with Crippen LogP contribution in [0.1, 0.15) is 29.5 Å². The van der Waals surface area contributed by atoms with Gasteiger partial charge in [0.1, 0.15) is 5.01 Å². The molecule has 2 N–H and O–H groups in total. The molecule has 3 aromatic rings. The van der Waals surface area contributed by atoms with Crippen LogP contribution in [-0.2, 0) is 6.54 Å². The molecule has 2 aromatic carbocycles. The van der Waals surface area contributed by atoms with Crippen molar-refractivity contribution in [3.63, 3.8) is 0 Å². The first-order chi connectivity index (χ1) is 13.2. The van der Waals surface area contributed by atoms with E-state index >= 15 is 0 Å². The summed E-state index contributed by atoms with van der Waals surface area (Å²) in [5.74, 6) is 0.485. The fourth-order valence-electron chi connectivity index (χ4n) is 3.41. The van der Waals surface area contributed by atoms with Crippen molar-refractivity contribution in [2.45, 2.75) is 25.4 Å². The number of methoxy groups -OCH3 is 1. The second-order valence-corrected chi connectivity index (χ2v) is 7.60. The van der Waals surface area contributed by atoms with Crippen LogP contribution in [0.5, 0.6) is 11.5 Å². The molecule has 1 fully saturated rings. The molecule has 0 saturated carbocycles. The molecule has 0 aliphatic carbocycles. The Morgan fingerprint density at radius 1 is 1.37 bits per heavy atom. The number of hydrogen-bond donors (Lipinski definition) is 2. The minimum atomic E-state index is -0.0937. The molecule has 140 valence electrons. The van der Waals surface area contributed by atoms with Gasteiger partial charge in [0.05, 0.1) is 23.4 Å². The smallest absolute Gasteiger partial charge is 0.318 e. The quantitative estimate of drug-likeness (QED) is 0.713. The third-order valence-corrected chi connectivity index (χ3v) is 5.93. The molecule has 27 heavy (non-hydrogen) atoms. The van der Waals surface area contributed by atoms with Crippen molar-refractivity contribution in [3.05, 3.63) is 53.0 Å². The number of hydrogen-bond acceptors (Lipinski definition) is 5. The highest BCUT2D eigenvalue weighted by Gasteiger charge is 2.32. The normalized spacial score (nSPS) is 16.6.